The molecule has 0 spiro atoms. The van der Waals surface area contributed by atoms with Crippen LogP contribution in [0.1, 0.15) is 25.6 Å². The Morgan fingerprint density at radius 2 is 2.05 bits per heavy atom. The zero-order valence-electron chi connectivity index (χ0n) is 11.5. The summed E-state index contributed by atoms with van der Waals surface area (Å²) in [6.07, 6.45) is 1.95. The van der Waals surface area contributed by atoms with E-state index in [9.17, 15) is 0 Å². The molecule has 1 heterocycles. The molecule has 2 aromatic rings. The van der Waals surface area contributed by atoms with E-state index in [1.807, 2.05) is 16.9 Å². The van der Waals surface area contributed by atoms with Gasteiger partial charge in [-0.05, 0) is 32.0 Å². The number of benzene rings is 1. The van der Waals surface area contributed by atoms with Gasteiger partial charge in [0.15, 0.2) is 11.5 Å². The second-order valence-electron chi connectivity index (χ2n) is 4.58. The van der Waals surface area contributed by atoms with E-state index < -0.39 is 0 Å². The summed E-state index contributed by atoms with van der Waals surface area (Å²) in [7, 11) is 1.59. The summed E-state index contributed by atoms with van der Waals surface area (Å²) >= 11 is 0. The summed E-state index contributed by atoms with van der Waals surface area (Å²) < 4.78 is 12.8. The highest BCUT2D eigenvalue weighted by atomic mass is 16.5. The SMILES string of the molecule is COc1cc(N)ccc1OCc1ccn(C(C)C)n1. The molecule has 2 N–H and O–H groups in total. The first kappa shape index (κ1) is 13.3. The van der Waals surface area contributed by atoms with E-state index in [0.717, 1.165) is 5.69 Å². The summed E-state index contributed by atoms with van der Waals surface area (Å²) in [4.78, 5) is 0. The summed E-state index contributed by atoms with van der Waals surface area (Å²) in [6.45, 7) is 4.57. The van der Waals surface area contributed by atoms with E-state index in [2.05, 4.69) is 18.9 Å². The van der Waals surface area contributed by atoms with Crippen LogP contribution in [0.2, 0.25) is 0 Å². The fourth-order valence-electron chi connectivity index (χ4n) is 1.70. The Balaban J connectivity index is 2.05. The fraction of sp³-hybridized carbons (Fsp3) is 0.357. The Bertz CT molecular complexity index is 549. The van der Waals surface area contributed by atoms with Gasteiger partial charge >= 0.3 is 0 Å². The van der Waals surface area contributed by atoms with Crippen LogP contribution < -0.4 is 15.2 Å². The highest BCUT2D eigenvalue weighted by molar-refractivity contribution is 5.51. The van der Waals surface area contributed by atoms with Crippen LogP contribution in [0, 0.1) is 0 Å². The molecule has 5 nitrogen and oxygen atoms in total. The lowest BCUT2D eigenvalue weighted by atomic mass is 10.3. The van der Waals surface area contributed by atoms with Crippen LogP contribution in [0.25, 0.3) is 0 Å². The molecule has 0 saturated heterocycles. The lowest BCUT2D eigenvalue weighted by molar-refractivity contribution is 0.279. The van der Waals surface area contributed by atoms with Crippen molar-refractivity contribution < 1.29 is 9.47 Å². The predicted molar refractivity (Wildman–Crippen MR) is 74.4 cm³/mol. The van der Waals surface area contributed by atoms with Crippen LogP contribution in [0.4, 0.5) is 5.69 Å². The van der Waals surface area contributed by atoms with E-state index in [-0.39, 0.29) is 0 Å². The molecule has 0 atom stereocenters. The maximum atomic E-state index is 5.71. The molecule has 0 aliphatic carbocycles. The van der Waals surface area contributed by atoms with Crippen LogP contribution >= 0.6 is 0 Å². The first-order chi connectivity index (χ1) is 9.10. The van der Waals surface area contributed by atoms with Crippen molar-refractivity contribution in [3.63, 3.8) is 0 Å². The predicted octanol–water partition coefficient (Wildman–Crippen LogP) is 2.63. The number of nitrogen functional groups attached to an aromatic ring is 1. The molecule has 1 aromatic heterocycles. The Hall–Kier alpha value is -2.17. The van der Waals surface area contributed by atoms with Crippen molar-refractivity contribution in [2.75, 3.05) is 12.8 Å². The monoisotopic (exact) mass is 261 g/mol. The van der Waals surface area contributed by atoms with Crippen molar-refractivity contribution in [3.8, 4) is 11.5 Å². The quantitative estimate of drug-likeness (QED) is 0.840. The highest BCUT2D eigenvalue weighted by Gasteiger charge is 2.07. The topological polar surface area (TPSA) is 62.3 Å². The van der Waals surface area contributed by atoms with Crippen molar-refractivity contribution in [1.29, 1.82) is 0 Å². The minimum Gasteiger partial charge on any atom is -0.493 e. The van der Waals surface area contributed by atoms with E-state index in [4.69, 9.17) is 15.2 Å². The summed E-state index contributed by atoms with van der Waals surface area (Å²) in [5.74, 6) is 1.29. The zero-order valence-corrected chi connectivity index (χ0v) is 11.5. The average Bonchev–Trinajstić information content (AvgIpc) is 2.86. The number of hydrogen-bond acceptors (Lipinski definition) is 4. The number of rotatable bonds is 5. The van der Waals surface area contributed by atoms with Gasteiger partial charge in [-0.25, -0.2) is 0 Å². The smallest absolute Gasteiger partial charge is 0.162 e. The second kappa shape index (κ2) is 5.65. The Kier molecular flexibility index (Phi) is 3.94. The van der Waals surface area contributed by atoms with Gasteiger partial charge in [-0.3, -0.25) is 4.68 Å². The molecule has 0 aliphatic rings. The fourth-order valence-corrected chi connectivity index (χ4v) is 1.70. The lowest BCUT2D eigenvalue weighted by Crippen LogP contribution is -2.04. The van der Waals surface area contributed by atoms with Gasteiger partial charge in [0.25, 0.3) is 0 Å². The van der Waals surface area contributed by atoms with Crippen molar-refractivity contribution >= 4 is 5.69 Å². The summed E-state index contributed by atoms with van der Waals surface area (Å²) in [6, 6.07) is 7.61. The van der Waals surface area contributed by atoms with Gasteiger partial charge in [0, 0.05) is 24.0 Å². The Morgan fingerprint density at radius 3 is 2.68 bits per heavy atom. The number of anilines is 1. The largest absolute Gasteiger partial charge is 0.493 e. The normalized spacial score (nSPS) is 10.7. The van der Waals surface area contributed by atoms with Gasteiger partial charge in [0.2, 0.25) is 0 Å². The standard InChI is InChI=1S/C14H19N3O2/c1-10(2)17-7-6-12(16-17)9-19-13-5-4-11(15)8-14(13)18-3/h4-8,10H,9,15H2,1-3H3. The molecule has 0 unspecified atom stereocenters. The van der Waals surface area contributed by atoms with Gasteiger partial charge in [-0.1, -0.05) is 0 Å². The minimum absolute atomic E-state index is 0.347. The molecule has 5 heteroatoms. The maximum absolute atomic E-state index is 5.71. The van der Waals surface area contributed by atoms with Gasteiger partial charge in [-0.15, -0.1) is 0 Å². The van der Waals surface area contributed by atoms with E-state index in [1.54, 1.807) is 25.3 Å². The van der Waals surface area contributed by atoms with Gasteiger partial charge < -0.3 is 15.2 Å². The molecule has 19 heavy (non-hydrogen) atoms. The van der Waals surface area contributed by atoms with Crippen LogP contribution in [-0.2, 0) is 6.61 Å². The van der Waals surface area contributed by atoms with Crippen molar-refractivity contribution in [3.05, 3.63) is 36.2 Å². The molecule has 0 radical (unpaired) electrons. The third-order valence-electron chi connectivity index (χ3n) is 2.76. The minimum atomic E-state index is 0.347. The zero-order chi connectivity index (χ0) is 13.8. The number of nitrogens with zero attached hydrogens (tertiary/aromatic N) is 2. The molecule has 2 rings (SSSR count). The molecule has 0 aliphatic heterocycles. The Morgan fingerprint density at radius 1 is 1.26 bits per heavy atom. The number of methoxy groups -OCH3 is 1. The van der Waals surface area contributed by atoms with Gasteiger partial charge in [0.1, 0.15) is 6.61 Å². The molecule has 0 saturated carbocycles. The number of aromatic nitrogens is 2. The molecule has 0 bridgehead atoms. The third kappa shape index (κ3) is 3.19. The van der Waals surface area contributed by atoms with Gasteiger partial charge in [-0.2, -0.15) is 5.10 Å². The average molecular weight is 261 g/mol. The van der Waals surface area contributed by atoms with Crippen molar-refractivity contribution in [2.24, 2.45) is 0 Å². The number of hydrogen-bond donors (Lipinski definition) is 1. The van der Waals surface area contributed by atoms with E-state index in [0.29, 0.717) is 29.8 Å². The van der Waals surface area contributed by atoms with Crippen molar-refractivity contribution in [2.45, 2.75) is 26.5 Å². The Labute approximate surface area is 112 Å². The summed E-state index contributed by atoms with van der Waals surface area (Å²) in [5, 5.41) is 4.42. The summed E-state index contributed by atoms with van der Waals surface area (Å²) in [5.41, 5.74) is 7.22. The molecule has 0 fully saturated rings. The molecular weight excluding hydrogens is 242 g/mol. The van der Waals surface area contributed by atoms with Crippen molar-refractivity contribution in [1.82, 2.24) is 9.78 Å². The van der Waals surface area contributed by atoms with Crippen LogP contribution in [0.15, 0.2) is 30.5 Å². The number of nitrogens with two attached hydrogens (primary N) is 1. The third-order valence-corrected chi connectivity index (χ3v) is 2.76. The highest BCUT2D eigenvalue weighted by Crippen LogP contribution is 2.29. The molecular formula is C14H19N3O2. The van der Waals surface area contributed by atoms with E-state index in [1.165, 1.54) is 0 Å². The molecule has 1 aromatic carbocycles. The van der Waals surface area contributed by atoms with Crippen LogP contribution in [-0.4, -0.2) is 16.9 Å². The second-order valence-corrected chi connectivity index (χ2v) is 4.58. The maximum Gasteiger partial charge on any atom is 0.162 e. The van der Waals surface area contributed by atoms with Gasteiger partial charge in [0.05, 0.1) is 12.8 Å². The lowest BCUT2D eigenvalue weighted by Gasteiger charge is -2.10. The van der Waals surface area contributed by atoms with Crippen LogP contribution in [0.5, 0.6) is 11.5 Å². The number of ether oxygens (including phenoxy) is 2. The van der Waals surface area contributed by atoms with Crippen LogP contribution in [0.3, 0.4) is 0 Å². The van der Waals surface area contributed by atoms with E-state index >= 15 is 0 Å². The molecule has 102 valence electrons. The first-order valence-electron chi connectivity index (χ1n) is 6.20. The molecule has 0 amide bonds. The first-order valence-corrected chi connectivity index (χ1v) is 6.20.